The minimum absolute atomic E-state index is 0.00297. The maximum atomic E-state index is 12.8. The van der Waals surface area contributed by atoms with Gasteiger partial charge in [-0.05, 0) is 37.1 Å². The lowest BCUT2D eigenvalue weighted by Gasteiger charge is -2.27. The van der Waals surface area contributed by atoms with Crippen molar-refractivity contribution in [3.8, 4) is 0 Å². The van der Waals surface area contributed by atoms with E-state index in [0.717, 1.165) is 25.9 Å². The maximum absolute atomic E-state index is 12.8. The van der Waals surface area contributed by atoms with Crippen molar-refractivity contribution < 1.29 is 19.1 Å². The second-order valence-electron chi connectivity index (χ2n) is 6.98. The van der Waals surface area contributed by atoms with E-state index in [1.165, 1.54) is 6.92 Å². The summed E-state index contributed by atoms with van der Waals surface area (Å²) in [5.41, 5.74) is 1.26. The molecule has 0 bridgehead atoms. The van der Waals surface area contributed by atoms with Gasteiger partial charge >= 0.3 is 6.03 Å². The highest BCUT2D eigenvalue weighted by molar-refractivity contribution is 5.95. The molecule has 0 aliphatic carbocycles. The van der Waals surface area contributed by atoms with E-state index < -0.39 is 6.04 Å². The zero-order valence-corrected chi connectivity index (χ0v) is 15.7. The molecule has 2 fully saturated rings. The molecule has 2 saturated heterocycles. The van der Waals surface area contributed by atoms with Gasteiger partial charge in [-0.3, -0.25) is 9.59 Å². The number of anilines is 2. The average Bonchev–Trinajstić information content (AvgIpc) is 3.32. The molecule has 27 heavy (non-hydrogen) atoms. The van der Waals surface area contributed by atoms with Crippen LogP contribution < -0.4 is 10.6 Å². The summed E-state index contributed by atoms with van der Waals surface area (Å²) in [6.45, 7) is 3.34. The van der Waals surface area contributed by atoms with Gasteiger partial charge in [-0.2, -0.15) is 0 Å². The molecule has 2 N–H and O–H groups in total. The SMILES string of the molecule is CO[C@H]1C[C@@H](C(=O)N2CCCC2)N(C(=O)Nc2ccc(NC(C)=O)cc2)C1. The molecular formula is C19H26N4O4. The van der Waals surface area contributed by atoms with E-state index in [9.17, 15) is 14.4 Å². The number of carbonyl (C=O) groups is 3. The summed E-state index contributed by atoms with van der Waals surface area (Å²) in [4.78, 5) is 40.1. The summed E-state index contributed by atoms with van der Waals surface area (Å²) in [6.07, 6.45) is 2.40. The number of nitrogens with one attached hydrogen (secondary N) is 2. The van der Waals surface area contributed by atoms with Crippen LogP contribution in [0.4, 0.5) is 16.2 Å². The average molecular weight is 374 g/mol. The van der Waals surface area contributed by atoms with Crippen molar-refractivity contribution in [1.29, 1.82) is 0 Å². The summed E-state index contributed by atoms with van der Waals surface area (Å²) in [7, 11) is 1.60. The fourth-order valence-corrected chi connectivity index (χ4v) is 3.61. The molecule has 146 valence electrons. The van der Waals surface area contributed by atoms with Crippen LogP contribution in [0.5, 0.6) is 0 Å². The second kappa shape index (κ2) is 8.39. The molecule has 2 atom stereocenters. The largest absolute Gasteiger partial charge is 0.380 e. The van der Waals surface area contributed by atoms with Gasteiger partial charge in [0.15, 0.2) is 0 Å². The number of ether oxygens (including phenoxy) is 1. The van der Waals surface area contributed by atoms with E-state index in [1.807, 2.05) is 4.90 Å². The van der Waals surface area contributed by atoms with Crippen molar-refractivity contribution in [2.75, 3.05) is 37.4 Å². The van der Waals surface area contributed by atoms with Gasteiger partial charge in [0.2, 0.25) is 11.8 Å². The Morgan fingerprint density at radius 3 is 2.19 bits per heavy atom. The highest BCUT2D eigenvalue weighted by Crippen LogP contribution is 2.25. The number of benzene rings is 1. The molecule has 8 nitrogen and oxygen atoms in total. The van der Waals surface area contributed by atoms with Crippen molar-refractivity contribution >= 4 is 29.2 Å². The van der Waals surface area contributed by atoms with E-state index in [4.69, 9.17) is 4.74 Å². The first-order chi connectivity index (χ1) is 13.0. The standard InChI is InChI=1S/C19H26N4O4/c1-13(24)20-14-5-7-15(8-6-14)21-19(26)23-12-16(27-2)11-17(23)18(25)22-9-3-4-10-22/h5-8,16-17H,3-4,9-12H2,1-2H3,(H,20,24)(H,21,26)/t16-,17-/m0/s1. The number of hydrogen-bond donors (Lipinski definition) is 2. The molecule has 0 radical (unpaired) electrons. The Morgan fingerprint density at radius 1 is 1.04 bits per heavy atom. The number of amides is 4. The Morgan fingerprint density at radius 2 is 1.63 bits per heavy atom. The van der Waals surface area contributed by atoms with Crippen molar-refractivity contribution in [1.82, 2.24) is 9.80 Å². The molecule has 0 aromatic heterocycles. The van der Waals surface area contributed by atoms with Crippen LogP contribution in [0.1, 0.15) is 26.2 Å². The topological polar surface area (TPSA) is 91.0 Å². The lowest BCUT2D eigenvalue weighted by atomic mass is 10.1. The summed E-state index contributed by atoms with van der Waals surface area (Å²) in [6, 6.07) is 6.04. The molecule has 0 unspecified atom stereocenters. The van der Waals surface area contributed by atoms with Crippen LogP contribution in [0.25, 0.3) is 0 Å². The van der Waals surface area contributed by atoms with Crippen LogP contribution in [-0.2, 0) is 14.3 Å². The Hall–Kier alpha value is -2.61. The van der Waals surface area contributed by atoms with Crippen LogP contribution in [0.3, 0.4) is 0 Å². The number of nitrogens with zero attached hydrogens (tertiary/aromatic N) is 2. The van der Waals surface area contributed by atoms with Crippen molar-refractivity contribution in [2.24, 2.45) is 0 Å². The number of rotatable bonds is 4. The fourth-order valence-electron chi connectivity index (χ4n) is 3.61. The zero-order chi connectivity index (χ0) is 19.4. The molecule has 3 rings (SSSR count). The monoisotopic (exact) mass is 374 g/mol. The quantitative estimate of drug-likeness (QED) is 0.842. The van der Waals surface area contributed by atoms with Crippen LogP contribution in [-0.4, -0.2) is 66.5 Å². The van der Waals surface area contributed by atoms with Gasteiger partial charge < -0.3 is 25.2 Å². The Kier molecular flexibility index (Phi) is 5.95. The summed E-state index contributed by atoms with van der Waals surface area (Å²) >= 11 is 0. The normalized spacial score (nSPS) is 22.0. The number of carbonyl (C=O) groups excluding carboxylic acids is 3. The second-order valence-corrected chi connectivity index (χ2v) is 6.98. The Labute approximate surface area is 158 Å². The third-order valence-electron chi connectivity index (χ3n) is 5.02. The summed E-state index contributed by atoms with van der Waals surface area (Å²) in [5.74, 6) is -0.152. The third-order valence-corrected chi connectivity index (χ3v) is 5.02. The Balaban J connectivity index is 1.67. The highest BCUT2D eigenvalue weighted by Gasteiger charge is 2.42. The highest BCUT2D eigenvalue weighted by atomic mass is 16.5. The molecular weight excluding hydrogens is 348 g/mol. The third kappa shape index (κ3) is 4.57. The van der Waals surface area contributed by atoms with Crippen molar-refractivity contribution in [2.45, 2.75) is 38.3 Å². The van der Waals surface area contributed by atoms with Gasteiger partial charge in [0, 0.05) is 51.5 Å². The van der Waals surface area contributed by atoms with E-state index in [2.05, 4.69) is 10.6 Å². The molecule has 2 aliphatic rings. The van der Waals surface area contributed by atoms with E-state index >= 15 is 0 Å². The minimum Gasteiger partial charge on any atom is -0.380 e. The number of hydrogen-bond acceptors (Lipinski definition) is 4. The number of methoxy groups -OCH3 is 1. The van der Waals surface area contributed by atoms with Gasteiger partial charge in [0.05, 0.1) is 6.10 Å². The first-order valence-electron chi connectivity index (χ1n) is 9.25. The van der Waals surface area contributed by atoms with Gasteiger partial charge in [-0.25, -0.2) is 4.79 Å². The maximum Gasteiger partial charge on any atom is 0.322 e. The predicted octanol–water partition coefficient (Wildman–Crippen LogP) is 1.89. The van der Waals surface area contributed by atoms with Crippen molar-refractivity contribution in [3.05, 3.63) is 24.3 Å². The lowest BCUT2D eigenvalue weighted by molar-refractivity contribution is -0.134. The minimum atomic E-state index is -0.494. The smallest absolute Gasteiger partial charge is 0.322 e. The van der Waals surface area contributed by atoms with Crippen LogP contribution >= 0.6 is 0 Å². The molecule has 1 aromatic carbocycles. The van der Waals surface area contributed by atoms with Crippen LogP contribution in [0.15, 0.2) is 24.3 Å². The number of likely N-dealkylation sites (tertiary alicyclic amines) is 2. The van der Waals surface area contributed by atoms with Gasteiger partial charge in [0.25, 0.3) is 0 Å². The fraction of sp³-hybridized carbons (Fsp3) is 0.526. The molecule has 1 aromatic rings. The zero-order valence-electron chi connectivity index (χ0n) is 15.7. The summed E-state index contributed by atoms with van der Waals surface area (Å²) in [5, 5.41) is 5.51. The van der Waals surface area contributed by atoms with Crippen molar-refractivity contribution in [3.63, 3.8) is 0 Å². The predicted molar refractivity (Wildman–Crippen MR) is 101 cm³/mol. The summed E-state index contributed by atoms with van der Waals surface area (Å²) < 4.78 is 5.40. The molecule has 2 aliphatic heterocycles. The Bertz CT molecular complexity index is 700. The molecule has 0 spiro atoms. The molecule has 8 heteroatoms. The lowest BCUT2D eigenvalue weighted by Crippen LogP contribution is -2.48. The molecule has 2 heterocycles. The van der Waals surface area contributed by atoms with Gasteiger partial charge in [-0.1, -0.05) is 0 Å². The molecule has 0 saturated carbocycles. The molecule has 4 amide bonds. The van der Waals surface area contributed by atoms with Crippen LogP contribution in [0, 0.1) is 0 Å². The van der Waals surface area contributed by atoms with E-state index in [1.54, 1.807) is 36.3 Å². The van der Waals surface area contributed by atoms with Crippen LogP contribution in [0.2, 0.25) is 0 Å². The van der Waals surface area contributed by atoms with E-state index in [-0.39, 0.29) is 23.9 Å². The number of urea groups is 1. The van der Waals surface area contributed by atoms with Gasteiger partial charge in [0.1, 0.15) is 6.04 Å². The van der Waals surface area contributed by atoms with E-state index in [0.29, 0.717) is 24.3 Å². The first-order valence-corrected chi connectivity index (χ1v) is 9.25. The first kappa shape index (κ1) is 19.2. The van der Waals surface area contributed by atoms with Gasteiger partial charge in [-0.15, -0.1) is 0 Å².